The molecule has 2 aromatic heterocycles. The number of aryl methyl sites for hydroxylation is 2. The number of fused-ring (bicyclic) bond motifs is 2. The minimum Gasteiger partial charge on any atom is -0.384 e. The third-order valence-electron chi connectivity index (χ3n) is 7.86. The Kier molecular flexibility index (Phi) is 6.50. The zero-order valence-corrected chi connectivity index (χ0v) is 22.9. The van der Waals surface area contributed by atoms with Crippen molar-refractivity contribution in [3.63, 3.8) is 0 Å². The summed E-state index contributed by atoms with van der Waals surface area (Å²) in [5.74, 6) is -4.56. The molecule has 0 amide bonds. The summed E-state index contributed by atoms with van der Waals surface area (Å²) in [5.41, 5.74) is -1.25. The number of hydrogen-bond donors (Lipinski definition) is 2. The maximum absolute atomic E-state index is 15.4. The van der Waals surface area contributed by atoms with Crippen molar-refractivity contribution in [3.05, 3.63) is 63.5 Å². The van der Waals surface area contributed by atoms with Crippen LogP contribution in [0.4, 0.5) is 19.0 Å². The molecule has 39 heavy (non-hydrogen) atoms. The Balaban J connectivity index is 1.61. The van der Waals surface area contributed by atoms with E-state index in [0.717, 1.165) is 55.8 Å². The Labute approximate surface area is 224 Å². The highest BCUT2D eigenvalue weighted by Crippen LogP contribution is 2.41. The van der Waals surface area contributed by atoms with Crippen LogP contribution in [0.1, 0.15) is 56.1 Å². The molecule has 0 saturated carbocycles. The number of halogens is 3. The summed E-state index contributed by atoms with van der Waals surface area (Å²) in [7, 11) is 3.77. The number of aromatic nitrogens is 4. The highest BCUT2D eigenvalue weighted by atomic mass is 19.3. The van der Waals surface area contributed by atoms with Crippen molar-refractivity contribution in [3.8, 4) is 0 Å². The molecule has 1 unspecified atom stereocenters. The molecular weight excluding hydrogens is 509 g/mol. The molecule has 1 aliphatic heterocycles. The van der Waals surface area contributed by atoms with Gasteiger partial charge in [-0.3, -0.25) is 9.13 Å². The summed E-state index contributed by atoms with van der Waals surface area (Å²) in [6, 6.07) is 6.82. The highest BCUT2D eigenvalue weighted by molar-refractivity contribution is 6.01. The van der Waals surface area contributed by atoms with E-state index in [1.54, 1.807) is 18.5 Å². The fourth-order valence-electron chi connectivity index (χ4n) is 5.46. The first kappa shape index (κ1) is 27.1. The zero-order chi connectivity index (χ0) is 28.4. The molecule has 5 rings (SSSR count). The van der Waals surface area contributed by atoms with Crippen LogP contribution < -0.4 is 11.0 Å². The molecule has 0 bridgehead atoms. The first-order valence-electron chi connectivity index (χ1n) is 12.9. The summed E-state index contributed by atoms with van der Waals surface area (Å²) < 4.78 is 48.6. The number of alkyl halides is 2. The average Bonchev–Trinajstić information content (AvgIpc) is 3.39. The number of nitrogens with one attached hydrogen (secondary N) is 1. The van der Waals surface area contributed by atoms with E-state index in [0.29, 0.717) is 16.9 Å². The molecule has 1 saturated heterocycles. The van der Waals surface area contributed by atoms with Crippen LogP contribution >= 0.6 is 0 Å². The van der Waals surface area contributed by atoms with Crippen molar-refractivity contribution in [1.29, 1.82) is 0 Å². The third kappa shape index (κ3) is 4.37. The van der Waals surface area contributed by atoms with Gasteiger partial charge in [-0.1, -0.05) is 12.1 Å². The SMILES string of the molecule is Cc1nnc(N[C@H](C)c2cccc(C(F)(F)C(C)(C)O)c2F)c2cc3c(cc12)n(C)c(=O)n3C1CCN(C)C1. The van der Waals surface area contributed by atoms with Gasteiger partial charge in [-0.25, -0.2) is 9.18 Å². The van der Waals surface area contributed by atoms with Crippen molar-refractivity contribution in [2.45, 2.75) is 57.7 Å². The zero-order valence-electron chi connectivity index (χ0n) is 22.9. The van der Waals surface area contributed by atoms with Gasteiger partial charge in [-0.2, -0.15) is 13.9 Å². The minimum absolute atomic E-state index is 0.00126. The van der Waals surface area contributed by atoms with Crippen LogP contribution in [0, 0.1) is 12.7 Å². The lowest BCUT2D eigenvalue weighted by molar-refractivity contribution is -0.170. The molecule has 2 atom stereocenters. The van der Waals surface area contributed by atoms with Crippen LogP contribution in [0.15, 0.2) is 35.1 Å². The van der Waals surface area contributed by atoms with E-state index < -0.39 is 28.9 Å². The Morgan fingerprint density at radius 1 is 1.13 bits per heavy atom. The molecule has 1 aliphatic rings. The number of rotatable bonds is 6. The molecule has 11 heteroatoms. The highest BCUT2D eigenvalue weighted by Gasteiger charge is 2.49. The number of likely N-dealkylation sites (tertiary alicyclic amines) is 1. The van der Waals surface area contributed by atoms with Gasteiger partial charge in [-0.05, 0) is 65.9 Å². The van der Waals surface area contributed by atoms with Gasteiger partial charge < -0.3 is 15.3 Å². The number of benzene rings is 2. The van der Waals surface area contributed by atoms with Crippen LogP contribution in [0.2, 0.25) is 0 Å². The van der Waals surface area contributed by atoms with Crippen molar-refractivity contribution < 1.29 is 18.3 Å². The third-order valence-corrected chi connectivity index (χ3v) is 7.86. The standard InChI is InChI=1S/C28H33F3N6O2/c1-15(18-8-7-9-21(24(18)29)28(30,31)27(3,4)39)32-25-20-13-23-22(12-19(20)16(2)33-34-25)36(6)26(38)37(23)17-10-11-35(5)14-17/h7-9,12-13,15,17,39H,10-11,14H2,1-6H3,(H,32,34)/t15-,17?/m1/s1. The topological polar surface area (TPSA) is 88.2 Å². The predicted molar refractivity (Wildman–Crippen MR) is 145 cm³/mol. The lowest BCUT2D eigenvalue weighted by atomic mass is 9.91. The van der Waals surface area contributed by atoms with E-state index in [9.17, 15) is 18.7 Å². The summed E-state index contributed by atoms with van der Waals surface area (Å²) >= 11 is 0. The molecule has 208 valence electrons. The molecule has 4 aromatic rings. The van der Waals surface area contributed by atoms with E-state index in [4.69, 9.17) is 0 Å². The molecule has 0 spiro atoms. The molecular formula is C28H33F3N6O2. The second-order valence-electron chi connectivity index (χ2n) is 11.1. The van der Waals surface area contributed by atoms with Gasteiger partial charge >= 0.3 is 11.6 Å². The fraction of sp³-hybridized carbons (Fsp3) is 0.464. The number of likely N-dealkylation sites (N-methyl/N-ethyl adjacent to an activating group) is 1. The Morgan fingerprint density at radius 3 is 2.46 bits per heavy atom. The number of nitrogens with zero attached hydrogens (tertiary/aromatic N) is 5. The first-order chi connectivity index (χ1) is 18.2. The molecule has 2 N–H and O–H groups in total. The lowest BCUT2D eigenvalue weighted by Gasteiger charge is -2.30. The van der Waals surface area contributed by atoms with Crippen molar-refractivity contribution >= 4 is 27.6 Å². The molecule has 2 aromatic carbocycles. The van der Waals surface area contributed by atoms with Crippen LogP contribution in [0.25, 0.3) is 21.8 Å². The number of anilines is 1. The molecule has 1 fully saturated rings. The van der Waals surface area contributed by atoms with Gasteiger partial charge in [0.05, 0.1) is 34.4 Å². The molecule has 0 radical (unpaired) electrons. The first-order valence-corrected chi connectivity index (χ1v) is 12.9. The maximum Gasteiger partial charge on any atom is 0.329 e. The summed E-state index contributed by atoms with van der Waals surface area (Å²) in [6.07, 6.45) is 0.855. The van der Waals surface area contributed by atoms with E-state index in [1.807, 2.05) is 30.7 Å². The number of aliphatic hydroxyl groups is 1. The van der Waals surface area contributed by atoms with Crippen LogP contribution in [-0.2, 0) is 13.0 Å². The predicted octanol–water partition coefficient (Wildman–Crippen LogP) is 4.64. The summed E-state index contributed by atoms with van der Waals surface area (Å²) in [5, 5.41) is 23.1. The van der Waals surface area contributed by atoms with Gasteiger partial charge in [0.15, 0.2) is 5.82 Å². The van der Waals surface area contributed by atoms with Crippen LogP contribution in [0.5, 0.6) is 0 Å². The van der Waals surface area contributed by atoms with E-state index in [2.05, 4.69) is 20.4 Å². The molecule has 0 aliphatic carbocycles. The number of imidazole rings is 1. The normalized spacial score (nSPS) is 17.8. The number of hydrogen-bond acceptors (Lipinski definition) is 6. The van der Waals surface area contributed by atoms with Gasteiger partial charge in [0.2, 0.25) is 0 Å². The van der Waals surface area contributed by atoms with Gasteiger partial charge in [0.1, 0.15) is 11.4 Å². The van der Waals surface area contributed by atoms with Gasteiger partial charge in [-0.15, -0.1) is 5.10 Å². The Morgan fingerprint density at radius 2 is 1.82 bits per heavy atom. The monoisotopic (exact) mass is 542 g/mol. The van der Waals surface area contributed by atoms with Crippen molar-refractivity contribution in [2.75, 3.05) is 25.5 Å². The lowest BCUT2D eigenvalue weighted by Crippen LogP contribution is -2.41. The summed E-state index contributed by atoms with van der Waals surface area (Å²) in [4.78, 5) is 15.4. The van der Waals surface area contributed by atoms with Gasteiger partial charge in [0, 0.05) is 29.9 Å². The van der Waals surface area contributed by atoms with Crippen LogP contribution in [-0.4, -0.2) is 55.1 Å². The average molecular weight is 543 g/mol. The van der Waals surface area contributed by atoms with E-state index in [1.165, 1.54) is 12.1 Å². The second-order valence-corrected chi connectivity index (χ2v) is 11.1. The van der Waals surface area contributed by atoms with Gasteiger partial charge in [0.25, 0.3) is 0 Å². The van der Waals surface area contributed by atoms with Crippen molar-refractivity contribution in [1.82, 2.24) is 24.2 Å². The largest absolute Gasteiger partial charge is 0.384 e. The minimum atomic E-state index is -3.81. The van der Waals surface area contributed by atoms with Crippen LogP contribution in [0.3, 0.4) is 0 Å². The molecule has 8 nitrogen and oxygen atoms in total. The second kappa shape index (κ2) is 9.34. The van der Waals surface area contributed by atoms with E-state index in [-0.39, 0.29) is 17.3 Å². The Bertz CT molecular complexity index is 1640. The van der Waals surface area contributed by atoms with E-state index >= 15 is 4.39 Å². The maximum atomic E-state index is 15.4. The molecule has 3 heterocycles. The summed E-state index contributed by atoms with van der Waals surface area (Å²) in [6.45, 7) is 7.01. The van der Waals surface area contributed by atoms with Crippen molar-refractivity contribution in [2.24, 2.45) is 7.05 Å². The smallest absolute Gasteiger partial charge is 0.329 e. The Hall–Kier alpha value is -3.44. The fourth-order valence-corrected chi connectivity index (χ4v) is 5.46. The quantitative estimate of drug-likeness (QED) is 0.369.